The van der Waals surface area contributed by atoms with Gasteiger partial charge in [0.05, 0.1) is 0 Å². The van der Waals surface area contributed by atoms with Crippen molar-refractivity contribution >= 4 is 23.4 Å². The second-order valence-electron chi connectivity index (χ2n) is 5.69. The lowest BCUT2D eigenvalue weighted by Crippen LogP contribution is -2.31. The summed E-state index contributed by atoms with van der Waals surface area (Å²) in [5, 5.41) is 8.20. The van der Waals surface area contributed by atoms with Gasteiger partial charge >= 0.3 is 12.1 Å². The van der Waals surface area contributed by atoms with Gasteiger partial charge in [0, 0.05) is 31.0 Å². The Morgan fingerprint density at radius 2 is 2.04 bits per heavy atom. The van der Waals surface area contributed by atoms with Crippen molar-refractivity contribution in [3.05, 3.63) is 59.9 Å². The molecular weight excluding hydrogens is 323 g/mol. The molecule has 0 unspecified atom stereocenters. The van der Waals surface area contributed by atoms with E-state index >= 15 is 0 Å². The topological polar surface area (TPSA) is 73.5 Å². The first kappa shape index (κ1) is 16.8. The number of halogens is 1. The molecule has 7 heteroatoms. The molecule has 1 aliphatic rings. The van der Waals surface area contributed by atoms with E-state index in [-0.39, 0.29) is 17.9 Å². The van der Waals surface area contributed by atoms with Crippen LogP contribution in [-0.2, 0) is 6.42 Å². The second kappa shape index (κ2) is 7.65. The van der Waals surface area contributed by atoms with Crippen LogP contribution >= 0.6 is 0 Å². The Hall–Kier alpha value is -3.09. The Labute approximate surface area is 145 Å². The van der Waals surface area contributed by atoms with Gasteiger partial charge in [-0.2, -0.15) is 0 Å². The molecule has 3 rings (SSSR count). The summed E-state index contributed by atoms with van der Waals surface area (Å²) in [5.41, 5.74) is 2.15. The van der Waals surface area contributed by atoms with Crippen molar-refractivity contribution in [2.75, 3.05) is 29.9 Å². The molecule has 25 heavy (non-hydrogen) atoms. The molecule has 1 saturated heterocycles. The van der Waals surface area contributed by atoms with E-state index in [9.17, 15) is 14.0 Å². The maximum absolute atomic E-state index is 13.1. The van der Waals surface area contributed by atoms with Gasteiger partial charge in [-0.25, -0.2) is 14.0 Å². The lowest BCUT2D eigenvalue weighted by molar-refractivity contribution is 0.251. The van der Waals surface area contributed by atoms with Gasteiger partial charge in [0.1, 0.15) is 5.82 Å². The number of nitrogens with one attached hydrogen (secondary N) is 3. The number of nitrogens with zero attached hydrogens (tertiary/aromatic N) is 1. The fourth-order valence-corrected chi connectivity index (χ4v) is 2.66. The highest BCUT2D eigenvalue weighted by atomic mass is 19.1. The highest BCUT2D eigenvalue weighted by Gasteiger charge is 2.21. The first-order valence-corrected chi connectivity index (χ1v) is 8.06. The van der Waals surface area contributed by atoms with Crippen molar-refractivity contribution in [3.8, 4) is 0 Å². The largest absolute Gasteiger partial charge is 0.338 e. The molecule has 0 bridgehead atoms. The third-order valence-corrected chi connectivity index (χ3v) is 3.86. The quantitative estimate of drug-likeness (QED) is 0.782. The van der Waals surface area contributed by atoms with Gasteiger partial charge in [0.25, 0.3) is 0 Å². The summed E-state index contributed by atoms with van der Waals surface area (Å²) in [6.07, 6.45) is 0.541. The lowest BCUT2D eigenvalue weighted by atomic mass is 10.1. The number of rotatable bonds is 5. The van der Waals surface area contributed by atoms with Crippen LogP contribution < -0.4 is 20.9 Å². The van der Waals surface area contributed by atoms with Crippen LogP contribution in [0.5, 0.6) is 0 Å². The van der Waals surface area contributed by atoms with Gasteiger partial charge in [-0.1, -0.05) is 18.2 Å². The van der Waals surface area contributed by atoms with E-state index in [0.29, 0.717) is 31.7 Å². The molecule has 1 heterocycles. The molecule has 1 fully saturated rings. The molecule has 0 aliphatic carbocycles. The summed E-state index contributed by atoms with van der Waals surface area (Å²) in [7, 11) is 0. The van der Waals surface area contributed by atoms with E-state index in [0.717, 1.165) is 11.3 Å². The number of urea groups is 2. The van der Waals surface area contributed by atoms with Crippen LogP contribution in [0.1, 0.15) is 5.56 Å². The highest BCUT2D eigenvalue weighted by Crippen LogP contribution is 2.20. The normalized spacial score (nSPS) is 13.5. The van der Waals surface area contributed by atoms with Crippen LogP contribution in [0.25, 0.3) is 0 Å². The smallest absolute Gasteiger partial charge is 0.321 e. The Balaban J connectivity index is 1.51. The molecule has 2 aromatic rings. The van der Waals surface area contributed by atoms with Gasteiger partial charge in [-0.15, -0.1) is 0 Å². The molecule has 0 atom stereocenters. The molecular formula is C18H19FN4O2. The summed E-state index contributed by atoms with van der Waals surface area (Å²) in [6, 6.07) is 12.9. The van der Waals surface area contributed by atoms with E-state index in [1.807, 2.05) is 12.1 Å². The molecule has 3 N–H and O–H groups in total. The minimum atomic E-state index is -0.348. The van der Waals surface area contributed by atoms with E-state index in [4.69, 9.17) is 0 Å². The molecule has 0 saturated carbocycles. The third kappa shape index (κ3) is 4.47. The van der Waals surface area contributed by atoms with Crippen LogP contribution in [-0.4, -0.2) is 31.7 Å². The van der Waals surface area contributed by atoms with Gasteiger partial charge < -0.3 is 16.0 Å². The van der Waals surface area contributed by atoms with E-state index in [1.54, 1.807) is 29.2 Å². The Morgan fingerprint density at radius 1 is 1.20 bits per heavy atom. The molecule has 0 aromatic heterocycles. The predicted molar refractivity (Wildman–Crippen MR) is 94.3 cm³/mol. The number of hydrogen-bond acceptors (Lipinski definition) is 2. The number of hydrogen-bond donors (Lipinski definition) is 3. The molecule has 1 aliphatic heterocycles. The van der Waals surface area contributed by atoms with Crippen LogP contribution in [0.15, 0.2) is 48.5 Å². The van der Waals surface area contributed by atoms with Crippen molar-refractivity contribution in [3.63, 3.8) is 0 Å². The Bertz CT molecular complexity index is 781. The zero-order valence-electron chi connectivity index (χ0n) is 13.6. The van der Waals surface area contributed by atoms with Crippen molar-refractivity contribution in [2.45, 2.75) is 6.42 Å². The van der Waals surface area contributed by atoms with Crippen LogP contribution in [0.2, 0.25) is 0 Å². The maximum atomic E-state index is 13.1. The fraction of sp³-hybridized carbons (Fsp3) is 0.222. The maximum Gasteiger partial charge on any atom is 0.321 e. The van der Waals surface area contributed by atoms with Crippen molar-refractivity contribution < 1.29 is 14.0 Å². The minimum absolute atomic E-state index is 0.142. The minimum Gasteiger partial charge on any atom is -0.338 e. The summed E-state index contributed by atoms with van der Waals surface area (Å²) < 4.78 is 13.1. The molecule has 2 aromatic carbocycles. The van der Waals surface area contributed by atoms with Crippen molar-refractivity contribution in [1.82, 2.24) is 10.6 Å². The average molecular weight is 342 g/mol. The molecule has 130 valence electrons. The molecule has 0 spiro atoms. The Kier molecular flexibility index (Phi) is 5.13. The third-order valence-electron chi connectivity index (χ3n) is 3.86. The van der Waals surface area contributed by atoms with Gasteiger partial charge in [-0.3, -0.25) is 4.90 Å². The van der Waals surface area contributed by atoms with Crippen molar-refractivity contribution in [2.24, 2.45) is 0 Å². The van der Waals surface area contributed by atoms with E-state index < -0.39 is 0 Å². The van der Waals surface area contributed by atoms with Crippen LogP contribution in [0.4, 0.5) is 25.4 Å². The van der Waals surface area contributed by atoms with Crippen LogP contribution in [0, 0.1) is 5.82 Å². The van der Waals surface area contributed by atoms with Gasteiger partial charge in [0.15, 0.2) is 0 Å². The van der Waals surface area contributed by atoms with Crippen molar-refractivity contribution in [1.29, 1.82) is 0 Å². The molecule has 0 radical (unpaired) electrons. The standard InChI is InChI=1S/C18H19FN4O2/c19-14-4-1-3-13(11-14)7-8-20-17(24)22-15-5-2-6-16(12-15)23-10-9-21-18(23)25/h1-6,11-12H,7-10H2,(H,21,25)(H2,20,22,24). The number of amides is 4. The summed E-state index contributed by atoms with van der Waals surface area (Å²) >= 11 is 0. The molecule has 6 nitrogen and oxygen atoms in total. The zero-order chi connectivity index (χ0) is 17.6. The van der Waals surface area contributed by atoms with Gasteiger partial charge in [-0.05, 0) is 42.3 Å². The number of anilines is 2. The van der Waals surface area contributed by atoms with Crippen LogP contribution in [0.3, 0.4) is 0 Å². The predicted octanol–water partition coefficient (Wildman–Crippen LogP) is 2.72. The number of benzene rings is 2. The second-order valence-corrected chi connectivity index (χ2v) is 5.69. The fourth-order valence-electron chi connectivity index (χ4n) is 2.66. The lowest BCUT2D eigenvalue weighted by Gasteiger charge is -2.15. The summed E-state index contributed by atoms with van der Waals surface area (Å²) in [5.74, 6) is -0.287. The van der Waals surface area contributed by atoms with E-state index in [1.165, 1.54) is 12.1 Å². The summed E-state index contributed by atoms with van der Waals surface area (Å²) in [4.78, 5) is 25.3. The highest BCUT2D eigenvalue weighted by molar-refractivity contribution is 5.95. The summed E-state index contributed by atoms with van der Waals surface area (Å²) in [6.45, 7) is 1.60. The number of carbonyl (C=O) groups is 2. The SMILES string of the molecule is O=C(NCCc1cccc(F)c1)Nc1cccc(N2CCNC2=O)c1. The average Bonchev–Trinajstić information content (AvgIpc) is 3.01. The monoisotopic (exact) mass is 342 g/mol. The van der Waals surface area contributed by atoms with Gasteiger partial charge in [0.2, 0.25) is 0 Å². The number of carbonyl (C=O) groups excluding carboxylic acids is 2. The zero-order valence-corrected chi connectivity index (χ0v) is 13.6. The first-order chi connectivity index (χ1) is 12.1. The first-order valence-electron chi connectivity index (χ1n) is 8.06. The Morgan fingerprint density at radius 3 is 2.80 bits per heavy atom. The van der Waals surface area contributed by atoms with E-state index in [2.05, 4.69) is 16.0 Å². The molecule has 4 amide bonds.